The van der Waals surface area contributed by atoms with Crippen molar-refractivity contribution in [3.05, 3.63) is 47.3 Å². The third-order valence-corrected chi connectivity index (χ3v) is 2.27. The van der Waals surface area contributed by atoms with Crippen molar-refractivity contribution in [2.24, 2.45) is 5.73 Å². The number of rotatable bonds is 3. The number of benzene rings is 1. The van der Waals surface area contributed by atoms with Crippen LogP contribution in [0.4, 0.5) is 4.39 Å². The maximum Gasteiger partial charge on any atom is 0.164 e. The fraction of sp³-hybridized carbons (Fsp3) is 0.182. The average Bonchev–Trinajstić information content (AvgIpc) is 2.80. The summed E-state index contributed by atoms with van der Waals surface area (Å²) in [5, 5.41) is 12.8. The molecule has 0 radical (unpaired) electrons. The molecule has 0 aliphatic carbocycles. The lowest BCUT2D eigenvalue weighted by Gasteiger charge is -2.03. The predicted octanol–water partition coefficient (Wildman–Crippen LogP) is 0.796. The lowest BCUT2D eigenvalue weighted by atomic mass is 10.1. The Hall–Kier alpha value is -2.26. The van der Waals surface area contributed by atoms with Crippen molar-refractivity contribution in [3.63, 3.8) is 0 Å². The smallest absolute Gasteiger partial charge is 0.164 e. The Morgan fingerprint density at radius 2 is 2.29 bits per heavy atom. The summed E-state index contributed by atoms with van der Waals surface area (Å²) in [5.41, 5.74) is 6.19. The highest BCUT2D eigenvalue weighted by Crippen LogP contribution is 2.11. The average molecular weight is 231 g/mol. The Balaban J connectivity index is 2.26. The monoisotopic (exact) mass is 231 g/mol. The van der Waals surface area contributed by atoms with E-state index in [4.69, 9.17) is 11.0 Å². The predicted molar refractivity (Wildman–Crippen MR) is 58.1 cm³/mol. The molecular formula is C11H10FN5. The van der Waals surface area contributed by atoms with E-state index in [1.807, 2.05) is 6.07 Å². The first-order valence-electron chi connectivity index (χ1n) is 5.00. The van der Waals surface area contributed by atoms with Gasteiger partial charge in [0.1, 0.15) is 12.1 Å². The first kappa shape index (κ1) is 11.2. The molecule has 0 amide bonds. The minimum Gasteiger partial charge on any atom is -0.324 e. The number of nitrogens with two attached hydrogens (primary N) is 1. The number of halogens is 1. The zero-order chi connectivity index (χ0) is 12.3. The van der Waals surface area contributed by atoms with E-state index in [0.717, 1.165) is 0 Å². The van der Waals surface area contributed by atoms with Gasteiger partial charge in [-0.3, -0.25) is 0 Å². The van der Waals surface area contributed by atoms with Crippen LogP contribution in [0.3, 0.4) is 0 Å². The molecule has 0 saturated heterocycles. The number of hydrogen-bond acceptors (Lipinski definition) is 4. The van der Waals surface area contributed by atoms with Crippen LogP contribution in [-0.4, -0.2) is 14.8 Å². The van der Waals surface area contributed by atoms with Crippen LogP contribution in [0.5, 0.6) is 0 Å². The van der Waals surface area contributed by atoms with E-state index in [9.17, 15) is 4.39 Å². The van der Waals surface area contributed by atoms with E-state index in [-0.39, 0.29) is 18.9 Å². The third-order valence-electron chi connectivity index (χ3n) is 2.27. The molecule has 5 nitrogen and oxygen atoms in total. The van der Waals surface area contributed by atoms with Crippen LogP contribution in [-0.2, 0) is 13.1 Å². The Morgan fingerprint density at radius 3 is 2.94 bits per heavy atom. The van der Waals surface area contributed by atoms with E-state index in [2.05, 4.69) is 10.1 Å². The molecule has 1 aromatic heterocycles. The molecule has 2 rings (SSSR count). The number of nitriles is 1. The molecule has 1 aromatic carbocycles. The van der Waals surface area contributed by atoms with E-state index in [1.165, 1.54) is 29.2 Å². The van der Waals surface area contributed by atoms with E-state index < -0.39 is 0 Å². The number of hydrogen-bond donors (Lipinski definition) is 1. The molecule has 2 N–H and O–H groups in total. The third kappa shape index (κ3) is 2.46. The molecule has 0 atom stereocenters. The summed E-state index contributed by atoms with van der Waals surface area (Å²) in [7, 11) is 0. The van der Waals surface area contributed by atoms with Crippen LogP contribution >= 0.6 is 0 Å². The number of nitrogens with zero attached hydrogens (tertiary/aromatic N) is 4. The molecule has 0 aliphatic heterocycles. The van der Waals surface area contributed by atoms with Gasteiger partial charge in [0.25, 0.3) is 0 Å². The van der Waals surface area contributed by atoms with Gasteiger partial charge in [-0.2, -0.15) is 10.4 Å². The van der Waals surface area contributed by atoms with Crippen LogP contribution in [0.15, 0.2) is 24.5 Å². The van der Waals surface area contributed by atoms with Gasteiger partial charge in [-0.1, -0.05) is 0 Å². The van der Waals surface area contributed by atoms with Crippen LogP contribution in [0.25, 0.3) is 0 Å². The van der Waals surface area contributed by atoms with Gasteiger partial charge in [0.05, 0.1) is 24.7 Å². The van der Waals surface area contributed by atoms with Gasteiger partial charge in [-0.15, -0.1) is 0 Å². The zero-order valence-corrected chi connectivity index (χ0v) is 8.97. The molecule has 0 aliphatic rings. The minimum absolute atomic E-state index is 0.231. The van der Waals surface area contributed by atoms with Gasteiger partial charge in [0, 0.05) is 5.56 Å². The van der Waals surface area contributed by atoms with Gasteiger partial charge < -0.3 is 5.73 Å². The molecule has 6 heteroatoms. The van der Waals surface area contributed by atoms with Gasteiger partial charge in [0.15, 0.2) is 5.82 Å². The first-order valence-corrected chi connectivity index (χ1v) is 5.00. The quantitative estimate of drug-likeness (QED) is 0.847. The summed E-state index contributed by atoms with van der Waals surface area (Å²) < 4.78 is 15.0. The maximum absolute atomic E-state index is 13.5. The van der Waals surface area contributed by atoms with E-state index in [0.29, 0.717) is 17.0 Å². The molecule has 0 fully saturated rings. The second-order valence-corrected chi connectivity index (χ2v) is 3.48. The highest BCUT2D eigenvalue weighted by Gasteiger charge is 2.06. The summed E-state index contributed by atoms with van der Waals surface area (Å²) in [6.07, 6.45) is 1.49. The Labute approximate surface area is 97.3 Å². The van der Waals surface area contributed by atoms with E-state index >= 15 is 0 Å². The van der Waals surface area contributed by atoms with Crippen LogP contribution in [0, 0.1) is 17.1 Å². The Bertz CT molecular complexity index is 569. The summed E-state index contributed by atoms with van der Waals surface area (Å²) in [5.74, 6) is 0.135. The van der Waals surface area contributed by atoms with Crippen LogP contribution in [0.2, 0.25) is 0 Å². The van der Waals surface area contributed by atoms with Crippen molar-refractivity contribution in [2.45, 2.75) is 13.1 Å². The van der Waals surface area contributed by atoms with Crippen molar-refractivity contribution >= 4 is 0 Å². The van der Waals surface area contributed by atoms with Crippen molar-refractivity contribution in [2.75, 3.05) is 0 Å². The molecule has 0 unspecified atom stereocenters. The molecule has 17 heavy (non-hydrogen) atoms. The Morgan fingerprint density at radius 1 is 1.47 bits per heavy atom. The van der Waals surface area contributed by atoms with Crippen LogP contribution in [0.1, 0.15) is 17.0 Å². The summed E-state index contributed by atoms with van der Waals surface area (Å²) in [6.45, 7) is 0.474. The summed E-state index contributed by atoms with van der Waals surface area (Å²) in [6, 6.07) is 6.17. The fourth-order valence-electron chi connectivity index (χ4n) is 1.44. The minimum atomic E-state index is -0.367. The molecule has 86 valence electrons. The SMILES string of the molecule is N#Cc1ccc(F)c(Cn2cnc(CN)n2)c1. The lowest BCUT2D eigenvalue weighted by Crippen LogP contribution is -2.05. The van der Waals surface area contributed by atoms with E-state index in [1.54, 1.807) is 0 Å². The van der Waals surface area contributed by atoms with Crippen molar-refractivity contribution < 1.29 is 4.39 Å². The largest absolute Gasteiger partial charge is 0.324 e. The normalized spacial score (nSPS) is 10.2. The molecule has 0 bridgehead atoms. The van der Waals surface area contributed by atoms with Crippen molar-refractivity contribution in [3.8, 4) is 6.07 Å². The van der Waals surface area contributed by atoms with Gasteiger partial charge in [-0.25, -0.2) is 14.1 Å². The summed E-state index contributed by atoms with van der Waals surface area (Å²) >= 11 is 0. The maximum atomic E-state index is 13.5. The van der Waals surface area contributed by atoms with Gasteiger partial charge in [-0.05, 0) is 18.2 Å². The highest BCUT2D eigenvalue weighted by atomic mass is 19.1. The molecule has 0 spiro atoms. The summed E-state index contributed by atoms with van der Waals surface area (Å²) in [4.78, 5) is 3.94. The van der Waals surface area contributed by atoms with Crippen molar-refractivity contribution in [1.29, 1.82) is 5.26 Å². The van der Waals surface area contributed by atoms with Gasteiger partial charge in [0.2, 0.25) is 0 Å². The molecular weight excluding hydrogens is 221 g/mol. The highest BCUT2D eigenvalue weighted by molar-refractivity contribution is 5.33. The topological polar surface area (TPSA) is 80.5 Å². The standard InChI is InChI=1S/C11H10FN5/c12-10-2-1-8(4-13)3-9(10)6-17-7-15-11(5-14)16-17/h1-3,7H,5-6,14H2. The first-order chi connectivity index (χ1) is 8.22. The molecule has 1 heterocycles. The number of aromatic nitrogens is 3. The second kappa shape index (κ2) is 4.72. The molecule has 0 saturated carbocycles. The fourth-order valence-corrected chi connectivity index (χ4v) is 1.44. The van der Waals surface area contributed by atoms with Crippen LogP contribution < -0.4 is 5.73 Å². The second-order valence-electron chi connectivity index (χ2n) is 3.48. The lowest BCUT2D eigenvalue weighted by molar-refractivity contribution is 0.582. The van der Waals surface area contributed by atoms with Crippen molar-refractivity contribution in [1.82, 2.24) is 14.8 Å². The Kier molecular flexibility index (Phi) is 3.12. The molecule has 2 aromatic rings. The van der Waals surface area contributed by atoms with Gasteiger partial charge >= 0.3 is 0 Å². The zero-order valence-electron chi connectivity index (χ0n) is 8.97.